The summed E-state index contributed by atoms with van der Waals surface area (Å²) >= 11 is 14.5. The number of anilines is 1. The van der Waals surface area contributed by atoms with E-state index >= 15 is 0 Å². The third kappa shape index (κ3) is 4.85. The Balaban J connectivity index is 0.000000572. The smallest absolute Gasteiger partial charge is 0.187 e. The fraction of sp³-hybridized carbons (Fsp3) is 0.381. The summed E-state index contributed by atoms with van der Waals surface area (Å²) in [5.41, 5.74) is 1.81. The van der Waals surface area contributed by atoms with E-state index in [2.05, 4.69) is 27.2 Å². The first-order valence-electron chi connectivity index (χ1n) is 9.43. The predicted molar refractivity (Wildman–Crippen MR) is 126 cm³/mol. The first-order chi connectivity index (χ1) is 14.4. The fourth-order valence-corrected chi connectivity index (χ4v) is 3.74. The fourth-order valence-electron chi connectivity index (χ4n) is 2.70. The van der Waals surface area contributed by atoms with Crippen molar-refractivity contribution < 1.29 is 9.47 Å². The number of thioether (sulfide) groups is 1. The Labute approximate surface area is 190 Å². The highest BCUT2D eigenvalue weighted by Gasteiger charge is 2.21. The predicted octanol–water partition coefficient (Wildman–Crippen LogP) is 6.20. The zero-order valence-electron chi connectivity index (χ0n) is 17.5. The lowest BCUT2D eigenvalue weighted by Crippen LogP contribution is -2.00. The normalized spacial score (nSPS) is 12.9. The quantitative estimate of drug-likeness (QED) is 0.354. The van der Waals surface area contributed by atoms with Gasteiger partial charge >= 0.3 is 0 Å². The number of aromatic nitrogens is 3. The van der Waals surface area contributed by atoms with Crippen LogP contribution in [0.25, 0.3) is 22.2 Å². The van der Waals surface area contributed by atoms with E-state index in [4.69, 9.17) is 32.7 Å². The molecule has 0 spiro atoms. The van der Waals surface area contributed by atoms with Gasteiger partial charge in [0.25, 0.3) is 0 Å². The highest BCUT2D eigenvalue weighted by atomic mass is 35.5. The van der Waals surface area contributed by atoms with Crippen LogP contribution in [0, 0.1) is 5.92 Å². The summed E-state index contributed by atoms with van der Waals surface area (Å²) in [5, 5.41) is 5.26. The molecule has 0 saturated heterocycles. The highest BCUT2D eigenvalue weighted by molar-refractivity contribution is 7.98. The topological polar surface area (TPSA) is 69.2 Å². The van der Waals surface area contributed by atoms with E-state index in [1.165, 1.54) is 38.8 Å². The third-order valence-electron chi connectivity index (χ3n) is 4.66. The van der Waals surface area contributed by atoms with Crippen LogP contribution in [0.15, 0.2) is 23.5 Å². The van der Waals surface area contributed by atoms with Gasteiger partial charge < -0.3 is 14.8 Å². The number of methoxy groups -OCH3 is 2. The van der Waals surface area contributed by atoms with Crippen LogP contribution in [0.2, 0.25) is 10.0 Å². The van der Waals surface area contributed by atoms with Crippen LogP contribution in [-0.2, 0) is 0 Å². The van der Waals surface area contributed by atoms with Crippen molar-refractivity contribution in [1.29, 1.82) is 0 Å². The summed E-state index contributed by atoms with van der Waals surface area (Å²) < 4.78 is 10.7. The molecule has 0 unspecified atom stereocenters. The van der Waals surface area contributed by atoms with Crippen molar-refractivity contribution >= 4 is 51.7 Å². The third-order valence-corrected chi connectivity index (χ3v) is 5.97. The average molecular weight is 467 g/mol. The molecule has 3 aromatic rings. The molecule has 1 N–H and O–H groups in total. The lowest BCUT2D eigenvalue weighted by molar-refractivity contribution is 0.395. The maximum absolute atomic E-state index is 6.51. The molecule has 1 aromatic carbocycles. The standard InChI is InChI=1S/C17H16Cl2N4O2S.C4H8/c1-20-16-15-8(7-21-17(23-15)26-4)5-9(22-16)12-13(18)10(24-2)6-11(25-3)14(12)19;1-4-2-3-4/h5-7H,1-4H3,(H,20,22);4H,2-3H2,1H3. The second kappa shape index (κ2) is 9.90. The minimum Gasteiger partial charge on any atom is -0.495 e. The van der Waals surface area contributed by atoms with Crippen molar-refractivity contribution in [2.75, 3.05) is 32.8 Å². The van der Waals surface area contributed by atoms with Crippen LogP contribution < -0.4 is 14.8 Å². The Hall–Kier alpha value is -1.96. The van der Waals surface area contributed by atoms with E-state index in [0.29, 0.717) is 43.8 Å². The number of benzene rings is 1. The molecule has 2 aromatic heterocycles. The van der Waals surface area contributed by atoms with Gasteiger partial charge in [-0.15, -0.1) is 0 Å². The van der Waals surface area contributed by atoms with Gasteiger partial charge in [0.05, 0.1) is 30.0 Å². The zero-order valence-corrected chi connectivity index (χ0v) is 19.9. The van der Waals surface area contributed by atoms with Crippen molar-refractivity contribution in [3.05, 3.63) is 28.4 Å². The van der Waals surface area contributed by atoms with Crippen molar-refractivity contribution in [2.45, 2.75) is 24.9 Å². The Morgan fingerprint density at radius 3 is 2.13 bits per heavy atom. The number of hydrogen-bond acceptors (Lipinski definition) is 7. The second-order valence-electron chi connectivity index (χ2n) is 6.87. The van der Waals surface area contributed by atoms with E-state index in [0.717, 1.165) is 16.8 Å². The minimum absolute atomic E-state index is 0.355. The van der Waals surface area contributed by atoms with Gasteiger partial charge in [-0.05, 0) is 18.2 Å². The van der Waals surface area contributed by atoms with E-state index in [9.17, 15) is 0 Å². The second-order valence-corrected chi connectivity index (χ2v) is 8.40. The lowest BCUT2D eigenvalue weighted by Gasteiger charge is -2.15. The molecule has 30 heavy (non-hydrogen) atoms. The molecule has 6 nitrogen and oxygen atoms in total. The highest BCUT2D eigenvalue weighted by Crippen LogP contribution is 2.46. The number of halogens is 2. The molecule has 1 aliphatic rings. The maximum atomic E-state index is 6.51. The largest absolute Gasteiger partial charge is 0.495 e. The molecule has 2 heterocycles. The van der Waals surface area contributed by atoms with Gasteiger partial charge in [-0.1, -0.05) is 54.7 Å². The molecule has 9 heteroatoms. The summed E-state index contributed by atoms with van der Waals surface area (Å²) in [6.45, 7) is 2.28. The molecule has 0 amide bonds. The van der Waals surface area contributed by atoms with Gasteiger partial charge in [0.1, 0.15) is 17.0 Å². The summed E-state index contributed by atoms with van der Waals surface area (Å²) in [4.78, 5) is 13.5. The number of ether oxygens (including phenoxy) is 2. The molecule has 0 bridgehead atoms. The Morgan fingerprint density at radius 1 is 1.07 bits per heavy atom. The number of pyridine rings is 1. The van der Waals surface area contributed by atoms with E-state index < -0.39 is 0 Å². The number of fused-ring (bicyclic) bond motifs is 1. The van der Waals surface area contributed by atoms with Crippen LogP contribution in [0.3, 0.4) is 0 Å². The molecule has 160 valence electrons. The SMILES string of the molecule is CC1CC1.CNc1nc(-c2c(Cl)c(OC)cc(OC)c2Cl)cc2cnc(SC)nc12. The average Bonchev–Trinajstić information content (AvgIpc) is 3.55. The summed E-state index contributed by atoms with van der Waals surface area (Å²) in [6, 6.07) is 3.48. The minimum atomic E-state index is 0.355. The van der Waals surface area contributed by atoms with Crippen molar-refractivity contribution in [1.82, 2.24) is 15.0 Å². The first-order valence-corrected chi connectivity index (χ1v) is 11.4. The molecule has 0 aliphatic heterocycles. The van der Waals surface area contributed by atoms with E-state index in [1.54, 1.807) is 19.3 Å². The van der Waals surface area contributed by atoms with Crippen LogP contribution in [0.1, 0.15) is 19.8 Å². The number of nitrogens with zero attached hydrogens (tertiary/aromatic N) is 3. The first kappa shape index (κ1) is 22.7. The van der Waals surface area contributed by atoms with Gasteiger partial charge in [0.15, 0.2) is 11.0 Å². The van der Waals surface area contributed by atoms with Crippen molar-refractivity contribution in [3.8, 4) is 22.8 Å². The lowest BCUT2D eigenvalue weighted by atomic mass is 10.1. The molecule has 1 saturated carbocycles. The zero-order chi connectivity index (χ0) is 21.8. The molecular weight excluding hydrogens is 443 g/mol. The molecular formula is C21H24Cl2N4O2S. The van der Waals surface area contributed by atoms with Gasteiger partial charge in [-0.2, -0.15) is 0 Å². The van der Waals surface area contributed by atoms with Gasteiger partial charge in [-0.3, -0.25) is 0 Å². The van der Waals surface area contributed by atoms with Crippen molar-refractivity contribution in [2.24, 2.45) is 5.92 Å². The molecule has 0 atom stereocenters. The van der Waals surface area contributed by atoms with Gasteiger partial charge in [-0.25, -0.2) is 15.0 Å². The summed E-state index contributed by atoms with van der Waals surface area (Å²) in [6.07, 6.45) is 6.64. The summed E-state index contributed by atoms with van der Waals surface area (Å²) in [5.74, 6) is 2.58. The number of hydrogen-bond donors (Lipinski definition) is 1. The number of nitrogens with one attached hydrogen (secondary N) is 1. The Bertz CT molecular complexity index is 1030. The summed E-state index contributed by atoms with van der Waals surface area (Å²) in [7, 11) is 4.84. The Morgan fingerprint density at radius 2 is 1.67 bits per heavy atom. The van der Waals surface area contributed by atoms with Crippen LogP contribution in [0.4, 0.5) is 5.82 Å². The van der Waals surface area contributed by atoms with Gasteiger partial charge in [0.2, 0.25) is 0 Å². The van der Waals surface area contributed by atoms with Crippen LogP contribution in [0.5, 0.6) is 11.5 Å². The Kier molecular flexibility index (Phi) is 7.50. The molecule has 4 rings (SSSR count). The van der Waals surface area contributed by atoms with Gasteiger partial charge in [0, 0.05) is 30.3 Å². The molecule has 0 radical (unpaired) electrons. The molecule has 1 fully saturated rings. The van der Waals surface area contributed by atoms with Crippen LogP contribution >= 0.6 is 35.0 Å². The van der Waals surface area contributed by atoms with Crippen LogP contribution in [-0.4, -0.2) is 42.5 Å². The number of rotatable bonds is 5. The molecule has 1 aliphatic carbocycles. The van der Waals surface area contributed by atoms with Crippen molar-refractivity contribution in [3.63, 3.8) is 0 Å². The monoisotopic (exact) mass is 466 g/mol. The maximum Gasteiger partial charge on any atom is 0.187 e. The van der Waals surface area contributed by atoms with E-state index in [-0.39, 0.29) is 0 Å². The van der Waals surface area contributed by atoms with E-state index in [1.807, 2.05) is 12.3 Å².